The van der Waals surface area contributed by atoms with Gasteiger partial charge in [-0.25, -0.2) is 4.79 Å². The summed E-state index contributed by atoms with van der Waals surface area (Å²) in [5, 5.41) is 11.0. The van der Waals surface area contributed by atoms with Crippen molar-refractivity contribution in [1.82, 2.24) is 0 Å². The van der Waals surface area contributed by atoms with Crippen LogP contribution in [0.2, 0.25) is 0 Å². The number of aromatic carboxylic acids is 1. The number of halogens is 2. The van der Waals surface area contributed by atoms with E-state index in [1.54, 1.807) is 29.1 Å². The van der Waals surface area contributed by atoms with Crippen LogP contribution in [0, 0.1) is 3.57 Å². The fraction of sp³-hybridized carbons (Fsp3) is 0. The highest BCUT2D eigenvalue weighted by atomic mass is 127. The van der Waals surface area contributed by atoms with E-state index in [-0.39, 0.29) is 5.56 Å². The number of carboxylic acids is 1. The molecule has 0 aromatic heterocycles. The topological polar surface area (TPSA) is 46.5 Å². The lowest BCUT2D eigenvalue weighted by Crippen LogP contribution is -2.00. The third kappa shape index (κ3) is 1.97. The molecule has 2 aromatic carbocycles. The van der Waals surface area contributed by atoms with Gasteiger partial charge in [0.05, 0.1) is 3.57 Å². The summed E-state index contributed by atoms with van der Waals surface area (Å²) >= 11 is 3.81. The number of hydrogen-bond donors (Lipinski definition) is 1. The van der Waals surface area contributed by atoms with E-state index in [0.29, 0.717) is 5.75 Å². The van der Waals surface area contributed by atoms with Crippen molar-refractivity contribution in [2.45, 2.75) is 0 Å². The second-order valence-electron chi connectivity index (χ2n) is 3.17. The third-order valence-electron chi connectivity index (χ3n) is 2.25. The van der Waals surface area contributed by atoms with Crippen LogP contribution in [0.3, 0.4) is 0 Å². The molecule has 0 unspecified atom stereocenters. The Bertz CT molecular complexity index is 566. The summed E-state index contributed by atoms with van der Waals surface area (Å²) in [7, 11) is 0. The lowest BCUT2D eigenvalue weighted by atomic mass is 10.1. The van der Waals surface area contributed by atoms with Gasteiger partial charge < -0.3 is 8.17 Å². The summed E-state index contributed by atoms with van der Waals surface area (Å²) in [4.78, 5) is 11.1. The highest BCUT2D eigenvalue weighted by Gasteiger charge is 2.17. The summed E-state index contributed by atoms with van der Waals surface area (Å²) < 4.78 is 5.95. The van der Waals surface area contributed by atoms with Gasteiger partial charge >= 0.3 is 5.97 Å². The molecule has 0 aliphatic carbocycles. The molecule has 16 heavy (non-hydrogen) atoms. The lowest BCUT2D eigenvalue weighted by molar-refractivity contribution is 0.0695. The highest BCUT2D eigenvalue weighted by molar-refractivity contribution is 14.1. The van der Waals surface area contributed by atoms with Gasteiger partial charge in [0.15, 0.2) is 28.8 Å². The maximum atomic E-state index is 11.1. The van der Waals surface area contributed by atoms with Crippen LogP contribution in [-0.2, 0) is 0 Å². The molecular weight excluding hydrogens is 434 g/mol. The van der Waals surface area contributed by atoms with Crippen LogP contribution in [0.1, 0.15) is 10.4 Å². The maximum absolute atomic E-state index is 11.1. The number of rotatable bonds is 2. The first-order valence-electron chi connectivity index (χ1n) is 4.38. The second-order valence-corrected chi connectivity index (χ2v) is 4.69. The van der Waals surface area contributed by atoms with Crippen LogP contribution < -0.4 is 3.07 Å². The molecule has 82 valence electrons. The van der Waals surface area contributed by atoms with Gasteiger partial charge in [0, 0.05) is 0 Å². The Morgan fingerprint density at radius 2 is 2.00 bits per heavy atom. The molecule has 0 saturated carbocycles. The van der Waals surface area contributed by atoms with Gasteiger partial charge in [-0.3, -0.25) is 0 Å². The highest BCUT2D eigenvalue weighted by Crippen LogP contribution is 2.34. The molecule has 2 aromatic rings. The van der Waals surface area contributed by atoms with E-state index in [1.807, 2.05) is 24.3 Å². The van der Waals surface area contributed by atoms with Crippen molar-refractivity contribution < 1.29 is 13.0 Å². The van der Waals surface area contributed by atoms with Gasteiger partial charge in [0.2, 0.25) is 0 Å². The number of fused-ring (bicyclic) bond motifs is 1. The third-order valence-corrected chi connectivity index (χ3v) is 3.76. The van der Waals surface area contributed by atoms with Crippen molar-refractivity contribution in [1.29, 1.82) is 0 Å². The largest absolute Gasteiger partial charge is 0.478 e. The Hall–Kier alpha value is -0.570. The molecular formula is C11H6I2O3. The first kappa shape index (κ1) is 11.9. The smallest absolute Gasteiger partial charge is 0.339 e. The Morgan fingerprint density at radius 1 is 1.31 bits per heavy atom. The zero-order chi connectivity index (χ0) is 11.7. The van der Waals surface area contributed by atoms with Crippen molar-refractivity contribution in [3.05, 3.63) is 39.5 Å². The molecule has 0 spiro atoms. The van der Waals surface area contributed by atoms with Crippen molar-refractivity contribution >= 4 is 62.3 Å². The number of benzene rings is 2. The number of carbonyl (C=O) groups is 1. The Balaban J connectivity index is 2.87. The fourth-order valence-electron chi connectivity index (χ4n) is 1.52. The molecule has 0 heterocycles. The lowest BCUT2D eigenvalue weighted by Gasteiger charge is -2.09. The second kappa shape index (κ2) is 4.74. The summed E-state index contributed by atoms with van der Waals surface area (Å²) in [5.41, 5.74) is 0.192. The van der Waals surface area contributed by atoms with E-state index in [2.05, 4.69) is 22.6 Å². The predicted molar refractivity (Wildman–Crippen MR) is 78.3 cm³/mol. The van der Waals surface area contributed by atoms with Gasteiger partial charge in [-0.05, 0) is 39.4 Å². The van der Waals surface area contributed by atoms with Crippen LogP contribution in [0.5, 0.6) is 5.75 Å². The van der Waals surface area contributed by atoms with Crippen molar-refractivity contribution in [3.63, 3.8) is 0 Å². The molecule has 0 aliphatic heterocycles. The van der Waals surface area contributed by atoms with Gasteiger partial charge in [0.25, 0.3) is 0 Å². The van der Waals surface area contributed by atoms with Crippen molar-refractivity contribution in [2.24, 2.45) is 0 Å². The zero-order valence-electron chi connectivity index (χ0n) is 7.91. The SMILES string of the molecule is O=C(O)c1cc2ccccc2c(I)c1OI. The molecule has 0 atom stereocenters. The minimum atomic E-state index is -0.977. The fourth-order valence-corrected chi connectivity index (χ4v) is 3.29. The van der Waals surface area contributed by atoms with Crippen molar-refractivity contribution in [3.8, 4) is 5.75 Å². The average molecular weight is 440 g/mol. The van der Waals surface area contributed by atoms with E-state index in [4.69, 9.17) is 8.17 Å². The first-order valence-corrected chi connectivity index (χ1v) is 6.34. The Morgan fingerprint density at radius 3 is 2.62 bits per heavy atom. The first-order chi connectivity index (χ1) is 7.65. The standard InChI is InChI=1S/C11H6I2O3/c12-9-7-4-2-1-3-6(7)5-8(11(14)15)10(9)16-13/h1-5H,(H,14,15). The maximum Gasteiger partial charge on any atom is 0.339 e. The zero-order valence-corrected chi connectivity index (χ0v) is 12.2. The van der Waals surface area contributed by atoms with Crippen LogP contribution >= 0.6 is 45.6 Å². The minimum absolute atomic E-state index is 0.192. The summed E-state index contributed by atoms with van der Waals surface area (Å²) in [6.45, 7) is 0. The molecule has 0 saturated heterocycles. The Labute approximate surface area is 120 Å². The van der Waals surface area contributed by atoms with Crippen molar-refractivity contribution in [2.75, 3.05) is 0 Å². The van der Waals surface area contributed by atoms with Crippen LogP contribution in [0.4, 0.5) is 0 Å². The molecule has 0 fully saturated rings. The van der Waals surface area contributed by atoms with Crippen LogP contribution in [0.15, 0.2) is 30.3 Å². The monoisotopic (exact) mass is 440 g/mol. The molecule has 3 nitrogen and oxygen atoms in total. The average Bonchev–Trinajstić information content (AvgIpc) is 2.29. The van der Waals surface area contributed by atoms with E-state index >= 15 is 0 Å². The van der Waals surface area contributed by atoms with Crippen LogP contribution in [0.25, 0.3) is 10.8 Å². The van der Waals surface area contributed by atoms with Gasteiger partial charge in [-0.1, -0.05) is 24.3 Å². The molecule has 2 rings (SSSR count). The molecule has 0 amide bonds. The minimum Gasteiger partial charge on any atom is -0.478 e. The predicted octanol–water partition coefficient (Wildman–Crippen LogP) is 3.87. The van der Waals surface area contributed by atoms with Gasteiger partial charge in [-0.15, -0.1) is 0 Å². The molecule has 0 aliphatic rings. The molecule has 1 N–H and O–H groups in total. The van der Waals surface area contributed by atoms with Gasteiger partial charge in [-0.2, -0.15) is 0 Å². The number of carboxylic acid groups (broad SMARTS) is 1. The normalized spacial score (nSPS) is 10.4. The van der Waals surface area contributed by atoms with E-state index in [9.17, 15) is 4.79 Å². The van der Waals surface area contributed by atoms with E-state index < -0.39 is 5.97 Å². The van der Waals surface area contributed by atoms with Gasteiger partial charge in [0.1, 0.15) is 5.56 Å². The van der Waals surface area contributed by atoms with E-state index in [1.165, 1.54) is 0 Å². The van der Waals surface area contributed by atoms with E-state index in [0.717, 1.165) is 14.3 Å². The number of hydrogen-bond acceptors (Lipinski definition) is 2. The summed E-state index contributed by atoms with van der Waals surface area (Å²) in [6.07, 6.45) is 0. The molecule has 0 bridgehead atoms. The molecule has 0 radical (unpaired) electrons. The summed E-state index contributed by atoms with van der Waals surface area (Å²) in [6, 6.07) is 9.27. The van der Waals surface area contributed by atoms with Crippen LogP contribution in [-0.4, -0.2) is 11.1 Å². The Kier molecular flexibility index (Phi) is 3.53. The molecule has 5 heteroatoms. The quantitative estimate of drug-likeness (QED) is 0.722. The summed E-state index contributed by atoms with van der Waals surface area (Å²) in [5.74, 6) is -0.567.